The van der Waals surface area contributed by atoms with Gasteiger partial charge >= 0.3 is 12.0 Å². The van der Waals surface area contributed by atoms with Crippen LogP contribution in [0.3, 0.4) is 0 Å². The Bertz CT molecular complexity index is 517. The Kier molecular flexibility index (Phi) is 12.2. The van der Waals surface area contributed by atoms with E-state index in [1.54, 1.807) is 0 Å². The molecule has 0 aromatic carbocycles. The van der Waals surface area contributed by atoms with Crippen molar-refractivity contribution in [2.75, 3.05) is 33.0 Å². The van der Waals surface area contributed by atoms with Crippen LogP contribution >= 0.6 is 0 Å². The summed E-state index contributed by atoms with van der Waals surface area (Å²) in [4.78, 5) is 36.4. The van der Waals surface area contributed by atoms with Crippen molar-refractivity contribution in [3.05, 3.63) is 0 Å². The fourth-order valence-corrected chi connectivity index (χ4v) is 2.80. The Morgan fingerprint density at radius 1 is 1.21 bits per heavy atom. The van der Waals surface area contributed by atoms with Crippen LogP contribution < -0.4 is 21.7 Å². The summed E-state index contributed by atoms with van der Waals surface area (Å²) in [5, 5.41) is 17.1. The minimum atomic E-state index is -1.13. The zero-order chi connectivity index (χ0) is 21.6. The van der Waals surface area contributed by atoms with Crippen molar-refractivity contribution in [3.63, 3.8) is 0 Å². The third kappa shape index (κ3) is 10.4. The predicted molar refractivity (Wildman–Crippen MR) is 107 cm³/mol. The lowest BCUT2D eigenvalue weighted by molar-refractivity contribution is -0.139. The summed E-state index contributed by atoms with van der Waals surface area (Å²) in [6, 6.07) is -2.90. The highest BCUT2D eigenvalue weighted by molar-refractivity contribution is 5.89. The van der Waals surface area contributed by atoms with Gasteiger partial charge in [0.1, 0.15) is 12.1 Å². The molecule has 0 aromatic heterocycles. The molecule has 168 valence electrons. The van der Waals surface area contributed by atoms with E-state index in [2.05, 4.69) is 16.0 Å². The second-order valence-corrected chi connectivity index (χ2v) is 7.56. The molecule has 0 radical (unpaired) electrons. The van der Waals surface area contributed by atoms with Crippen LogP contribution in [0.4, 0.5) is 4.79 Å². The van der Waals surface area contributed by atoms with E-state index in [0.717, 1.165) is 12.8 Å². The van der Waals surface area contributed by atoms with Gasteiger partial charge in [-0.2, -0.15) is 0 Å². The maximum atomic E-state index is 12.7. The monoisotopic (exact) mass is 416 g/mol. The van der Waals surface area contributed by atoms with E-state index in [0.29, 0.717) is 39.2 Å². The predicted octanol–water partition coefficient (Wildman–Crippen LogP) is 0.204. The van der Waals surface area contributed by atoms with Gasteiger partial charge in [0.05, 0.1) is 19.3 Å². The molecule has 1 aliphatic rings. The van der Waals surface area contributed by atoms with Crippen molar-refractivity contribution < 1.29 is 29.0 Å². The average molecular weight is 417 g/mol. The number of aliphatic carboxylic acids is 1. The number of amides is 3. The van der Waals surface area contributed by atoms with E-state index in [4.69, 9.17) is 15.2 Å². The molecule has 1 fully saturated rings. The summed E-state index contributed by atoms with van der Waals surface area (Å²) < 4.78 is 11.2. The lowest BCUT2D eigenvalue weighted by Crippen LogP contribution is -2.57. The molecule has 1 rings (SSSR count). The molecule has 1 unspecified atom stereocenters. The van der Waals surface area contributed by atoms with E-state index in [1.807, 2.05) is 13.8 Å². The molecule has 1 aliphatic heterocycles. The maximum Gasteiger partial charge on any atom is 0.326 e. The second kappa shape index (κ2) is 14.1. The fraction of sp³-hybridized carbons (Fsp3) is 0.842. The van der Waals surface area contributed by atoms with Crippen LogP contribution in [0.5, 0.6) is 0 Å². The van der Waals surface area contributed by atoms with Crippen LogP contribution in [-0.4, -0.2) is 74.1 Å². The number of carboxylic acid groups (broad SMARTS) is 1. The third-order valence-corrected chi connectivity index (χ3v) is 4.71. The number of rotatable bonds is 8. The standard InChI is InChI=1S/C19H36N4O6/c1-13(2)15-11-28-9-5-6-10-29-12-16(17(24)21-15)23-19(27)22-14(18(25)26)7-3-4-8-20/h13-16H,3-12,20H2,1-2H3,(H,21,24)(H,25,26)(H2,22,23,27)/t14?,15-,16-/m1/s1. The molecule has 0 aromatic rings. The molecule has 10 heteroatoms. The van der Waals surface area contributed by atoms with Gasteiger partial charge in [-0.3, -0.25) is 4.79 Å². The molecule has 3 amide bonds. The van der Waals surface area contributed by atoms with Crippen molar-refractivity contribution in [2.24, 2.45) is 11.7 Å². The lowest BCUT2D eigenvalue weighted by Gasteiger charge is -2.27. The number of carbonyl (C=O) groups is 3. The lowest BCUT2D eigenvalue weighted by atomic mass is 10.0. The van der Waals surface area contributed by atoms with Gasteiger partial charge in [0, 0.05) is 13.2 Å². The summed E-state index contributed by atoms with van der Waals surface area (Å²) in [6.07, 6.45) is 3.15. The summed E-state index contributed by atoms with van der Waals surface area (Å²) >= 11 is 0. The van der Waals surface area contributed by atoms with Crippen LogP contribution in [0.1, 0.15) is 46.0 Å². The Hall–Kier alpha value is -1.91. The van der Waals surface area contributed by atoms with E-state index in [-0.39, 0.29) is 25.0 Å². The molecule has 6 N–H and O–H groups in total. The van der Waals surface area contributed by atoms with Crippen molar-refractivity contribution in [2.45, 2.75) is 64.1 Å². The Morgan fingerprint density at radius 3 is 2.45 bits per heavy atom. The molecule has 29 heavy (non-hydrogen) atoms. The summed E-state index contributed by atoms with van der Waals surface area (Å²) in [5.41, 5.74) is 5.42. The number of hydrogen-bond acceptors (Lipinski definition) is 6. The van der Waals surface area contributed by atoms with E-state index in [9.17, 15) is 19.5 Å². The molecule has 0 spiro atoms. The van der Waals surface area contributed by atoms with Crippen molar-refractivity contribution in [1.82, 2.24) is 16.0 Å². The van der Waals surface area contributed by atoms with E-state index in [1.165, 1.54) is 0 Å². The second-order valence-electron chi connectivity index (χ2n) is 7.56. The Morgan fingerprint density at radius 2 is 1.86 bits per heavy atom. The number of carbonyl (C=O) groups excluding carboxylic acids is 2. The van der Waals surface area contributed by atoms with Gasteiger partial charge in [-0.1, -0.05) is 13.8 Å². The maximum absolute atomic E-state index is 12.7. The van der Waals surface area contributed by atoms with Crippen LogP contribution in [0.25, 0.3) is 0 Å². The van der Waals surface area contributed by atoms with Crippen LogP contribution in [0.2, 0.25) is 0 Å². The Balaban J connectivity index is 2.71. The van der Waals surface area contributed by atoms with E-state index >= 15 is 0 Å². The highest BCUT2D eigenvalue weighted by Gasteiger charge is 2.27. The minimum Gasteiger partial charge on any atom is -0.480 e. The first-order valence-corrected chi connectivity index (χ1v) is 10.3. The smallest absolute Gasteiger partial charge is 0.326 e. The topological polar surface area (TPSA) is 152 Å². The molecule has 3 atom stereocenters. The minimum absolute atomic E-state index is 0.00976. The molecule has 10 nitrogen and oxygen atoms in total. The fourth-order valence-electron chi connectivity index (χ4n) is 2.80. The first-order chi connectivity index (χ1) is 13.8. The molecule has 0 aliphatic carbocycles. The largest absolute Gasteiger partial charge is 0.480 e. The summed E-state index contributed by atoms with van der Waals surface area (Å²) in [5.74, 6) is -1.37. The number of unbranched alkanes of at least 4 members (excludes halogenated alkanes) is 1. The van der Waals surface area contributed by atoms with E-state index < -0.39 is 30.0 Å². The van der Waals surface area contributed by atoms with Crippen molar-refractivity contribution in [3.8, 4) is 0 Å². The summed E-state index contributed by atoms with van der Waals surface area (Å²) in [7, 11) is 0. The van der Waals surface area contributed by atoms with Gasteiger partial charge in [0.15, 0.2) is 0 Å². The number of hydrogen-bond donors (Lipinski definition) is 5. The molecule has 1 saturated heterocycles. The normalized spacial score (nSPS) is 22.7. The molecular formula is C19H36N4O6. The molecule has 0 saturated carbocycles. The number of carboxylic acids is 1. The number of urea groups is 1. The highest BCUT2D eigenvalue weighted by Crippen LogP contribution is 2.06. The SMILES string of the molecule is CC(C)[C@H]1COCCCCOC[C@@H](NC(=O)NC(CCCCN)C(=O)O)C(=O)N1. The number of nitrogens with two attached hydrogens (primary N) is 1. The zero-order valence-corrected chi connectivity index (χ0v) is 17.4. The van der Waals surface area contributed by atoms with Gasteiger partial charge < -0.3 is 36.3 Å². The average Bonchev–Trinajstić information content (AvgIpc) is 2.65. The molecule has 1 heterocycles. The third-order valence-electron chi connectivity index (χ3n) is 4.71. The van der Waals surface area contributed by atoms with Crippen LogP contribution in [0, 0.1) is 5.92 Å². The van der Waals surface area contributed by atoms with Crippen LogP contribution in [0.15, 0.2) is 0 Å². The first kappa shape index (κ1) is 25.1. The van der Waals surface area contributed by atoms with Crippen molar-refractivity contribution in [1.29, 1.82) is 0 Å². The summed E-state index contributed by atoms with van der Waals surface area (Å²) in [6.45, 7) is 5.86. The Labute approximate surface area is 172 Å². The van der Waals surface area contributed by atoms with Gasteiger partial charge in [-0.05, 0) is 44.6 Å². The zero-order valence-electron chi connectivity index (χ0n) is 17.4. The van der Waals surface area contributed by atoms with Gasteiger partial charge in [-0.25, -0.2) is 9.59 Å². The molecular weight excluding hydrogens is 380 g/mol. The van der Waals surface area contributed by atoms with Gasteiger partial charge in [-0.15, -0.1) is 0 Å². The van der Waals surface area contributed by atoms with Gasteiger partial charge in [0.2, 0.25) is 5.91 Å². The first-order valence-electron chi connectivity index (χ1n) is 10.3. The quantitative estimate of drug-likeness (QED) is 0.355. The van der Waals surface area contributed by atoms with Gasteiger partial charge in [0.25, 0.3) is 0 Å². The molecule has 0 bridgehead atoms. The number of nitrogens with one attached hydrogen (secondary N) is 3. The van der Waals surface area contributed by atoms with Crippen molar-refractivity contribution >= 4 is 17.9 Å². The van der Waals surface area contributed by atoms with Crippen LogP contribution in [-0.2, 0) is 19.1 Å². The number of ether oxygens (including phenoxy) is 2. The highest BCUT2D eigenvalue weighted by atomic mass is 16.5.